The predicted molar refractivity (Wildman–Crippen MR) is 73.8 cm³/mol. The van der Waals surface area contributed by atoms with Crippen LogP contribution in [-0.4, -0.2) is 23.3 Å². The van der Waals surface area contributed by atoms with Crippen molar-refractivity contribution in [2.24, 2.45) is 0 Å². The van der Waals surface area contributed by atoms with Gasteiger partial charge in [0.05, 0.1) is 22.9 Å². The summed E-state index contributed by atoms with van der Waals surface area (Å²) in [7, 11) is 0. The minimum Gasteiger partial charge on any atom is -0.465 e. The Labute approximate surface area is 111 Å². The average Bonchev–Trinajstić information content (AvgIpc) is 2.37. The number of hydrogen-bond donors (Lipinski definition) is 0. The largest absolute Gasteiger partial charge is 0.465 e. The van der Waals surface area contributed by atoms with Crippen molar-refractivity contribution < 1.29 is 9.53 Å². The summed E-state index contributed by atoms with van der Waals surface area (Å²) in [4.78, 5) is 15.8. The fourth-order valence-electron chi connectivity index (χ4n) is 1.73. The molecular formula is C14H15NO2S. The van der Waals surface area contributed by atoms with E-state index in [1.54, 1.807) is 6.92 Å². The van der Waals surface area contributed by atoms with Crippen LogP contribution in [0.3, 0.4) is 0 Å². The van der Waals surface area contributed by atoms with E-state index in [0.717, 1.165) is 15.9 Å². The number of aryl methyl sites for hydroxylation is 1. The van der Waals surface area contributed by atoms with Crippen molar-refractivity contribution in [3.63, 3.8) is 0 Å². The van der Waals surface area contributed by atoms with E-state index in [4.69, 9.17) is 4.74 Å². The lowest BCUT2D eigenvalue weighted by Gasteiger charge is -2.06. The van der Waals surface area contributed by atoms with Crippen molar-refractivity contribution in [2.75, 3.05) is 12.4 Å². The van der Waals surface area contributed by atoms with Crippen LogP contribution in [-0.2, 0) is 9.53 Å². The molecular weight excluding hydrogens is 246 g/mol. The van der Waals surface area contributed by atoms with Gasteiger partial charge in [-0.1, -0.05) is 30.0 Å². The van der Waals surface area contributed by atoms with Gasteiger partial charge in [0.25, 0.3) is 0 Å². The topological polar surface area (TPSA) is 39.2 Å². The highest BCUT2D eigenvalue weighted by atomic mass is 32.2. The summed E-state index contributed by atoms with van der Waals surface area (Å²) in [6.45, 7) is 4.28. The van der Waals surface area contributed by atoms with Crippen molar-refractivity contribution in [3.8, 4) is 0 Å². The number of esters is 1. The molecule has 0 saturated carbocycles. The molecule has 94 valence electrons. The van der Waals surface area contributed by atoms with Crippen molar-refractivity contribution in [3.05, 3.63) is 35.9 Å². The minimum atomic E-state index is -0.199. The maximum atomic E-state index is 11.3. The maximum absolute atomic E-state index is 11.3. The van der Waals surface area contributed by atoms with Crippen molar-refractivity contribution >= 4 is 28.6 Å². The van der Waals surface area contributed by atoms with Gasteiger partial charge in [0.1, 0.15) is 0 Å². The van der Waals surface area contributed by atoms with E-state index in [-0.39, 0.29) is 5.97 Å². The number of aromatic nitrogens is 1. The van der Waals surface area contributed by atoms with Gasteiger partial charge in [-0.15, -0.1) is 0 Å². The fraction of sp³-hybridized carbons (Fsp3) is 0.286. The van der Waals surface area contributed by atoms with Gasteiger partial charge in [-0.05, 0) is 31.5 Å². The Bertz CT molecular complexity index is 569. The molecule has 0 saturated heterocycles. The van der Waals surface area contributed by atoms with Gasteiger partial charge in [-0.25, -0.2) is 4.98 Å². The number of pyridine rings is 1. The number of rotatable bonds is 4. The van der Waals surface area contributed by atoms with Crippen LogP contribution in [0.25, 0.3) is 10.9 Å². The van der Waals surface area contributed by atoms with Gasteiger partial charge in [0.15, 0.2) is 0 Å². The lowest BCUT2D eigenvalue weighted by Crippen LogP contribution is -2.06. The van der Waals surface area contributed by atoms with E-state index in [2.05, 4.69) is 18.0 Å². The molecule has 1 heterocycles. The summed E-state index contributed by atoms with van der Waals surface area (Å²) in [5.41, 5.74) is 2.14. The smallest absolute Gasteiger partial charge is 0.316 e. The van der Waals surface area contributed by atoms with Gasteiger partial charge in [-0.3, -0.25) is 4.79 Å². The molecule has 0 fully saturated rings. The summed E-state index contributed by atoms with van der Waals surface area (Å²) >= 11 is 1.41. The van der Waals surface area contributed by atoms with Crippen LogP contribution in [0, 0.1) is 6.92 Å². The molecule has 2 aromatic rings. The Hall–Kier alpha value is -1.55. The van der Waals surface area contributed by atoms with E-state index in [9.17, 15) is 4.79 Å². The summed E-state index contributed by atoms with van der Waals surface area (Å²) in [5, 5.41) is 2.01. The molecule has 1 aromatic heterocycles. The molecule has 18 heavy (non-hydrogen) atoms. The zero-order chi connectivity index (χ0) is 13.0. The van der Waals surface area contributed by atoms with Crippen LogP contribution >= 0.6 is 11.8 Å². The Morgan fingerprint density at radius 3 is 2.94 bits per heavy atom. The van der Waals surface area contributed by atoms with Gasteiger partial charge >= 0.3 is 5.97 Å². The highest BCUT2D eigenvalue weighted by molar-refractivity contribution is 7.99. The number of carbonyl (C=O) groups is 1. The Morgan fingerprint density at radius 2 is 2.17 bits per heavy atom. The molecule has 0 bridgehead atoms. The molecule has 0 spiro atoms. The third kappa shape index (κ3) is 3.01. The molecule has 0 unspecified atom stereocenters. The second-order valence-corrected chi connectivity index (χ2v) is 4.88. The third-order valence-corrected chi connectivity index (χ3v) is 3.43. The number of para-hydroxylation sites is 1. The minimum absolute atomic E-state index is 0.199. The number of benzene rings is 1. The third-order valence-electron chi connectivity index (χ3n) is 2.54. The molecule has 0 radical (unpaired) electrons. The standard InChI is InChI=1S/C14H15NO2S/c1-3-17-14(16)9-18-13-8-10(2)11-6-4-5-7-12(11)15-13/h4-8H,3,9H2,1-2H3. The molecule has 3 nitrogen and oxygen atoms in total. The van der Waals surface area contributed by atoms with E-state index in [1.807, 2.05) is 24.3 Å². The Kier molecular flexibility index (Phi) is 4.20. The Morgan fingerprint density at radius 1 is 1.39 bits per heavy atom. The molecule has 0 aliphatic heterocycles. The number of nitrogens with zero attached hydrogens (tertiary/aromatic N) is 1. The molecule has 4 heteroatoms. The normalized spacial score (nSPS) is 10.6. The van der Waals surface area contributed by atoms with Crippen molar-refractivity contribution in [2.45, 2.75) is 18.9 Å². The highest BCUT2D eigenvalue weighted by Crippen LogP contribution is 2.23. The van der Waals surface area contributed by atoms with Gasteiger partial charge in [0.2, 0.25) is 0 Å². The zero-order valence-corrected chi connectivity index (χ0v) is 11.3. The fourth-order valence-corrected chi connectivity index (χ4v) is 2.50. The van der Waals surface area contributed by atoms with Crippen LogP contribution in [0.5, 0.6) is 0 Å². The maximum Gasteiger partial charge on any atom is 0.316 e. The van der Waals surface area contributed by atoms with E-state index < -0.39 is 0 Å². The summed E-state index contributed by atoms with van der Waals surface area (Å²) in [5.74, 6) is 0.105. The van der Waals surface area contributed by atoms with Gasteiger partial charge < -0.3 is 4.74 Å². The first-order valence-corrected chi connectivity index (χ1v) is 6.84. The van der Waals surface area contributed by atoms with Crippen LogP contribution in [0.4, 0.5) is 0 Å². The average molecular weight is 261 g/mol. The lowest BCUT2D eigenvalue weighted by atomic mass is 10.1. The number of ether oxygens (including phenoxy) is 1. The van der Waals surface area contributed by atoms with Crippen LogP contribution in [0.2, 0.25) is 0 Å². The predicted octanol–water partition coefficient (Wildman–Crippen LogP) is 3.20. The number of hydrogen-bond acceptors (Lipinski definition) is 4. The lowest BCUT2D eigenvalue weighted by molar-refractivity contribution is -0.139. The summed E-state index contributed by atoms with van der Waals surface area (Å²) in [6.07, 6.45) is 0. The van der Waals surface area contributed by atoms with Crippen molar-refractivity contribution in [1.82, 2.24) is 4.98 Å². The first-order valence-electron chi connectivity index (χ1n) is 5.85. The van der Waals surface area contributed by atoms with E-state index in [1.165, 1.54) is 17.3 Å². The highest BCUT2D eigenvalue weighted by Gasteiger charge is 2.06. The van der Waals surface area contributed by atoms with Crippen molar-refractivity contribution in [1.29, 1.82) is 0 Å². The zero-order valence-electron chi connectivity index (χ0n) is 10.5. The SMILES string of the molecule is CCOC(=O)CSc1cc(C)c2ccccc2n1. The quantitative estimate of drug-likeness (QED) is 0.626. The first kappa shape index (κ1) is 12.9. The second kappa shape index (κ2) is 5.87. The number of thioether (sulfide) groups is 1. The number of fused-ring (bicyclic) bond motifs is 1. The molecule has 0 N–H and O–H groups in total. The van der Waals surface area contributed by atoms with Gasteiger partial charge in [0, 0.05) is 5.39 Å². The van der Waals surface area contributed by atoms with Crippen LogP contribution < -0.4 is 0 Å². The molecule has 0 amide bonds. The molecule has 0 atom stereocenters. The van der Waals surface area contributed by atoms with Gasteiger partial charge in [-0.2, -0.15) is 0 Å². The van der Waals surface area contributed by atoms with E-state index in [0.29, 0.717) is 12.4 Å². The molecule has 2 rings (SSSR count). The molecule has 0 aliphatic carbocycles. The Balaban J connectivity index is 2.17. The van der Waals surface area contributed by atoms with Crippen LogP contribution in [0.1, 0.15) is 12.5 Å². The molecule has 1 aromatic carbocycles. The molecule has 0 aliphatic rings. The first-order chi connectivity index (χ1) is 8.70. The summed E-state index contributed by atoms with van der Waals surface area (Å²) < 4.78 is 4.89. The van der Waals surface area contributed by atoms with E-state index >= 15 is 0 Å². The summed E-state index contributed by atoms with van der Waals surface area (Å²) in [6, 6.07) is 10.0. The second-order valence-electron chi connectivity index (χ2n) is 3.89. The number of carbonyl (C=O) groups excluding carboxylic acids is 1. The monoisotopic (exact) mass is 261 g/mol. The van der Waals surface area contributed by atoms with Crippen LogP contribution in [0.15, 0.2) is 35.4 Å².